The Morgan fingerprint density at radius 2 is 2.02 bits per heavy atom. The van der Waals surface area contributed by atoms with Gasteiger partial charge in [-0.2, -0.15) is 15.2 Å². The normalized spacial score (nSPS) is 23.9. The standard InChI is InChI=1S/C31H28ClF3N6O2S/c1-40-10-8-31(6-7-31)43-25-21-24(38-29(39-28(21)40)42-14-30-5-2-9-41(30)13-15(33)11-30)23(35)20(22(25)32)16-3-4-18(34)26-19(16)17(12-36)27(37)44-26/h3-4,15H,2,5-11,13-14,37H2,1H3/t15-,30+/m1/s1. The fourth-order valence-corrected chi connectivity index (χ4v) is 8.57. The number of thiophene rings is 1. The minimum atomic E-state index is -0.926. The summed E-state index contributed by atoms with van der Waals surface area (Å²) in [5.74, 6) is -0.719. The van der Waals surface area contributed by atoms with E-state index in [-0.39, 0.29) is 60.7 Å². The number of alkyl halides is 1. The summed E-state index contributed by atoms with van der Waals surface area (Å²) in [6, 6.07) is 4.61. The fourth-order valence-electron chi connectivity index (χ4n) is 7.30. The number of hydrogen-bond donors (Lipinski definition) is 1. The Balaban J connectivity index is 1.36. The number of hydrogen-bond acceptors (Lipinski definition) is 9. The van der Waals surface area contributed by atoms with Gasteiger partial charge in [0.05, 0.1) is 26.2 Å². The van der Waals surface area contributed by atoms with E-state index >= 15 is 4.39 Å². The molecular weight excluding hydrogens is 613 g/mol. The molecule has 2 N–H and O–H groups in total. The van der Waals surface area contributed by atoms with Crippen LogP contribution < -0.4 is 20.1 Å². The number of halogens is 4. The minimum Gasteiger partial charge on any atom is -0.485 e. The van der Waals surface area contributed by atoms with Crippen molar-refractivity contribution in [2.75, 3.05) is 43.9 Å². The molecule has 2 atom stereocenters. The quantitative estimate of drug-likeness (QED) is 0.266. The van der Waals surface area contributed by atoms with Gasteiger partial charge in [-0.1, -0.05) is 17.7 Å². The topological polar surface area (TPSA) is 101 Å². The number of nitrogen functional groups attached to an aromatic ring is 1. The summed E-state index contributed by atoms with van der Waals surface area (Å²) >= 11 is 7.97. The molecule has 0 bridgehead atoms. The number of anilines is 2. The van der Waals surface area contributed by atoms with Crippen molar-refractivity contribution in [3.8, 4) is 29.0 Å². The van der Waals surface area contributed by atoms with Gasteiger partial charge in [-0.25, -0.2) is 13.2 Å². The largest absolute Gasteiger partial charge is 0.485 e. The molecule has 0 unspecified atom stereocenters. The molecule has 4 aliphatic rings. The Hall–Kier alpha value is -3.53. The third kappa shape index (κ3) is 4.05. The number of nitrogens with two attached hydrogens (primary N) is 1. The highest BCUT2D eigenvalue weighted by Gasteiger charge is 2.50. The second-order valence-electron chi connectivity index (χ2n) is 12.5. The van der Waals surface area contributed by atoms with Crippen molar-refractivity contribution < 1.29 is 22.6 Å². The van der Waals surface area contributed by atoms with Gasteiger partial charge >= 0.3 is 6.01 Å². The van der Waals surface area contributed by atoms with Gasteiger partial charge in [0.25, 0.3) is 0 Å². The summed E-state index contributed by atoms with van der Waals surface area (Å²) in [4.78, 5) is 13.3. The van der Waals surface area contributed by atoms with Crippen molar-refractivity contribution in [2.24, 2.45) is 0 Å². The van der Waals surface area contributed by atoms with Gasteiger partial charge in [0.2, 0.25) is 0 Å². The van der Waals surface area contributed by atoms with Gasteiger partial charge in [0.15, 0.2) is 11.6 Å². The van der Waals surface area contributed by atoms with Crippen LogP contribution in [0.1, 0.15) is 44.1 Å². The predicted molar refractivity (Wildman–Crippen MR) is 163 cm³/mol. The Labute approximate surface area is 260 Å². The summed E-state index contributed by atoms with van der Waals surface area (Å²) in [6.45, 7) is 1.96. The van der Waals surface area contributed by atoms with Crippen LogP contribution in [-0.4, -0.2) is 65.5 Å². The lowest BCUT2D eigenvalue weighted by atomic mass is 9.95. The SMILES string of the molecule is CN1CCC2(CC2)Oc2c(Cl)c(-c3ccc(F)c4sc(N)c(C#N)c34)c(F)c3nc(OC[C@@]45CCCN4C[C@H](F)C5)nc1c23. The minimum absolute atomic E-state index is 0.0166. The van der Waals surface area contributed by atoms with Crippen molar-refractivity contribution >= 4 is 54.7 Å². The smallest absolute Gasteiger partial charge is 0.319 e. The lowest BCUT2D eigenvalue weighted by Crippen LogP contribution is -2.43. The van der Waals surface area contributed by atoms with E-state index in [9.17, 15) is 14.0 Å². The molecule has 2 saturated heterocycles. The van der Waals surface area contributed by atoms with Crippen LogP contribution in [0.15, 0.2) is 12.1 Å². The number of ether oxygens (including phenoxy) is 2. The fraction of sp³-hybridized carbons (Fsp3) is 0.452. The van der Waals surface area contributed by atoms with Crippen LogP contribution in [-0.2, 0) is 0 Å². The average Bonchev–Trinajstić information content (AvgIpc) is 3.37. The molecule has 2 aromatic carbocycles. The lowest BCUT2D eigenvalue weighted by Gasteiger charge is -2.32. The van der Waals surface area contributed by atoms with Gasteiger partial charge < -0.3 is 20.1 Å². The van der Waals surface area contributed by atoms with E-state index in [0.717, 1.165) is 43.6 Å². The van der Waals surface area contributed by atoms with Crippen molar-refractivity contribution in [2.45, 2.75) is 55.8 Å². The molecule has 1 spiro atoms. The van der Waals surface area contributed by atoms with Crippen LogP contribution in [0.25, 0.3) is 32.1 Å². The Kier molecular flexibility index (Phi) is 6.19. The molecular formula is C31H28ClF3N6O2S. The Bertz CT molecular complexity index is 1930. The Morgan fingerprint density at radius 3 is 2.80 bits per heavy atom. The predicted octanol–water partition coefficient (Wildman–Crippen LogP) is 6.60. The van der Waals surface area contributed by atoms with Gasteiger partial charge in [-0.3, -0.25) is 4.90 Å². The van der Waals surface area contributed by atoms with Crippen LogP contribution in [0.4, 0.5) is 24.0 Å². The van der Waals surface area contributed by atoms with Crippen LogP contribution in [0, 0.1) is 23.0 Å². The first-order valence-electron chi connectivity index (χ1n) is 14.7. The van der Waals surface area contributed by atoms with Gasteiger partial charge in [-0.15, -0.1) is 11.3 Å². The molecule has 3 aliphatic heterocycles. The lowest BCUT2D eigenvalue weighted by molar-refractivity contribution is 0.107. The molecule has 8 nitrogen and oxygen atoms in total. The first-order chi connectivity index (χ1) is 21.1. The van der Waals surface area contributed by atoms with E-state index in [4.69, 9.17) is 31.8 Å². The van der Waals surface area contributed by atoms with Gasteiger partial charge in [-0.05, 0) is 43.9 Å². The molecule has 0 radical (unpaired) electrons. The summed E-state index contributed by atoms with van der Waals surface area (Å²) in [6.07, 6.45) is 3.52. The van der Waals surface area contributed by atoms with E-state index in [1.807, 2.05) is 18.0 Å². The number of nitrogens with zero attached hydrogens (tertiary/aromatic N) is 5. The van der Waals surface area contributed by atoms with E-state index < -0.39 is 28.9 Å². The third-order valence-corrected chi connectivity index (χ3v) is 11.2. The molecule has 44 heavy (non-hydrogen) atoms. The molecule has 8 rings (SSSR count). The number of aromatic nitrogens is 2. The molecule has 13 heteroatoms. The van der Waals surface area contributed by atoms with Crippen LogP contribution in [0.5, 0.6) is 11.8 Å². The molecule has 5 heterocycles. The summed E-state index contributed by atoms with van der Waals surface area (Å²) in [5.41, 5.74) is 5.30. The number of benzene rings is 2. The van der Waals surface area contributed by atoms with Crippen molar-refractivity contribution in [1.82, 2.24) is 14.9 Å². The van der Waals surface area contributed by atoms with E-state index in [0.29, 0.717) is 37.1 Å². The highest BCUT2D eigenvalue weighted by atomic mass is 35.5. The number of rotatable bonds is 4. The second kappa shape index (κ2) is 9.73. The van der Waals surface area contributed by atoms with Crippen LogP contribution in [0.3, 0.4) is 0 Å². The average molecular weight is 641 g/mol. The van der Waals surface area contributed by atoms with E-state index in [1.165, 1.54) is 12.1 Å². The van der Waals surface area contributed by atoms with E-state index in [2.05, 4.69) is 9.88 Å². The van der Waals surface area contributed by atoms with Crippen LogP contribution in [0.2, 0.25) is 5.02 Å². The summed E-state index contributed by atoms with van der Waals surface area (Å²) < 4.78 is 59.3. The zero-order chi connectivity index (χ0) is 30.5. The maximum atomic E-state index is 17.0. The van der Waals surface area contributed by atoms with Gasteiger partial charge in [0.1, 0.15) is 46.6 Å². The monoisotopic (exact) mass is 640 g/mol. The molecule has 3 fully saturated rings. The van der Waals surface area contributed by atoms with E-state index in [1.54, 1.807) is 0 Å². The molecule has 1 saturated carbocycles. The first-order valence-corrected chi connectivity index (χ1v) is 15.9. The zero-order valence-corrected chi connectivity index (χ0v) is 25.4. The first kappa shape index (κ1) is 28.0. The zero-order valence-electron chi connectivity index (χ0n) is 23.9. The van der Waals surface area contributed by atoms with Crippen molar-refractivity contribution in [1.29, 1.82) is 5.26 Å². The number of fused-ring (bicyclic) bond motifs is 2. The second-order valence-corrected chi connectivity index (χ2v) is 13.9. The summed E-state index contributed by atoms with van der Waals surface area (Å²) in [5, 5.41) is 10.5. The Morgan fingerprint density at radius 1 is 1.20 bits per heavy atom. The molecule has 228 valence electrons. The van der Waals surface area contributed by atoms with Crippen molar-refractivity contribution in [3.63, 3.8) is 0 Å². The van der Waals surface area contributed by atoms with Crippen molar-refractivity contribution in [3.05, 3.63) is 34.4 Å². The highest BCUT2D eigenvalue weighted by Crippen LogP contribution is 2.54. The maximum Gasteiger partial charge on any atom is 0.319 e. The molecule has 2 aromatic heterocycles. The maximum absolute atomic E-state index is 17.0. The summed E-state index contributed by atoms with van der Waals surface area (Å²) in [7, 11) is 1.87. The van der Waals surface area contributed by atoms with Crippen LogP contribution >= 0.6 is 22.9 Å². The number of nitriles is 1. The molecule has 4 aromatic rings. The third-order valence-electron chi connectivity index (χ3n) is 9.76. The van der Waals surface area contributed by atoms with Gasteiger partial charge in [0, 0.05) is 43.9 Å². The molecule has 0 amide bonds. The highest BCUT2D eigenvalue weighted by molar-refractivity contribution is 7.23. The molecule has 1 aliphatic carbocycles.